The summed E-state index contributed by atoms with van der Waals surface area (Å²) in [7, 11) is -3.93. The van der Waals surface area contributed by atoms with Crippen molar-refractivity contribution < 1.29 is 26.5 Å². The Balaban J connectivity index is 1.76. The second-order valence-electron chi connectivity index (χ2n) is 9.80. The molecular weight excluding hydrogens is 445 g/mol. The van der Waals surface area contributed by atoms with E-state index in [0.29, 0.717) is 32.4 Å². The normalized spacial score (nSPS) is 16.5. The third-order valence-corrected chi connectivity index (χ3v) is 7.08. The van der Waals surface area contributed by atoms with Crippen LogP contribution >= 0.6 is 0 Å². The van der Waals surface area contributed by atoms with Gasteiger partial charge in [-0.1, -0.05) is 29.8 Å². The first-order chi connectivity index (χ1) is 15.4. The number of rotatable bonds is 6. The molecule has 1 heterocycles. The zero-order valence-electron chi connectivity index (χ0n) is 19.6. The van der Waals surface area contributed by atoms with Crippen molar-refractivity contribution in [3.63, 3.8) is 0 Å². The minimum absolute atomic E-state index is 0.0251. The zero-order chi connectivity index (χ0) is 24.3. The summed E-state index contributed by atoms with van der Waals surface area (Å²) in [6.07, 6.45) is 1.20. The van der Waals surface area contributed by atoms with Crippen molar-refractivity contribution in [3.8, 4) is 0 Å². The number of halogens is 1. The van der Waals surface area contributed by atoms with E-state index in [1.807, 2.05) is 27.7 Å². The Hall–Kier alpha value is -2.45. The molecule has 0 saturated carbocycles. The van der Waals surface area contributed by atoms with Crippen molar-refractivity contribution in [2.24, 2.45) is 5.41 Å². The summed E-state index contributed by atoms with van der Waals surface area (Å²) in [5.74, 6) is -0.328. The lowest BCUT2D eigenvalue weighted by Gasteiger charge is -2.41. The molecule has 0 unspecified atom stereocenters. The van der Waals surface area contributed by atoms with Gasteiger partial charge < -0.3 is 9.64 Å². The summed E-state index contributed by atoms with van der Waals surface area (Å²) in [5, 5.41) is 0. The van der Waals surface area contributed by atoms with Crippen molar-refractivity contribution in [2.45, 2.75) is 57.5 Å². The van der Waals surface area contributed by atoms with Crippen molar-refractivity contribution in [1.29, 1.82) is 0 Å². The lowest BCUT2D eigenvalue weighted by Crippen LogP contribution is -2.47. The molecular formula is C25H32FNO5S. The van der Waals surface area contributed by atoms with E-state index < -0.39 is 21.1 Å². The maximum Gasteiger partial charge on any atom is 0.410 e. The van der Waals surface area contributed by atoms with E-state index in [4.69, 9.17) is 8.92 Å². The molecule has 8 heteroatoms. The molecule has 1 aliphatic heterocycles. The van der Waals surface area contributed by atoms with Crippen molar-refractivity contribution in [3.05, 3.63) is 65.5 Å². The summed E-state index contributed by atoms with van der Waals surface area (Å²) in [6, 6.07) is 12.7. The molecule has 1 saturated heterocycles. The molecule has 0 spiro atoms. The minimum atomic E-state index is -3.93. The van der Waals surface area contributed by atoms with E-state index in [-0.39, 0.29) is 23.4 Å². The molecule has 6 nitrogen and oxygen atoms in total. The fourth-order valence-electron chi connectivity index (χ4n) is 3.87. The Bertz CT molecular complexity index is 1050. The summed E-state index contributed by atoms with van der Waals surface area (Å²) in [6.45, 7) is 8.15. The van der Waals surface area contributed by atoms with Gasteiger partial charge in [0.25, 0.3) is 10.1 Å². The molecule has 1 amide bonds. The van der Waals surface area contributed by atoms with Gasteiger partial charge in [0, 0.05) is 18.5 Å². The number of nitrogens with zero attached hydrogens (tertiary/aromatic N) is 1. The van der Waals surface area contributed by atoms with Gasteiger partial charge in [-0.05, 0) is 76.8 Å². The van der Waals surface area contributed by atoms with E-state index in [1.54, 1.807) is 29.2 Å². The van der Waals surface area contributed by atoms with Crippen LogP contribution in [0.15, 0.2) is 53.4 Å². The average molecular weight is 478 g/mol. The monoisotopic (exact) mass is 477 g/mol. The third kappa shape index (κ3) is 7.01. The van der Waals surface area contributed by atoms with Crippen LogP contribution in [0, 0.1) is 18.2 Å². The van der Waals surface area contributed by atoms with Crippen LogP contribution in [0.5, 0.6) is 0 Å². The number of likely N-dealkylation sites (tertiary alicyclic amines) is 1. The lowest BCUT2D eigenvalue weighted by molar-refractivity contribution is 0.00279. The zero-order valence-corrected chi connectivity index (χ0v) is 20.5. The first-order valence-corrected chi connectivity index (χ1v) is 12.5. The van der Waals surface area contributed by atoms with E-state index in [9.17, 15) is 17.6 Å². The Morgan fingerprint density at radius 3 is 2.15 bits per heavy atom. The number of ether oxygens (including phenoxy) is 1. The molecule has 33 heavy (non-hydrogen) atoms. The Labute approximate surface area is 195 Å². The number of amides is 1. The van der Waals surface area contributed by atoms with Crippen LogP contribution in [0.1, 0.15) is 44.7 Å². The van der Waals surface area contributed by atoms with Gasteiger partial charge in [0.15, 0.2) is 0 Å². The molecule has 1 fully saturated rings. The second-order valence-corrected chi connectivity index (χ2v) is 11.4. The fourth-order valence-corrected chi connectivity index (χ4v) is 4.88. The number of carbonyl (C=O) groups is 1. The van der Waals surface area contributed by atoms with Gasteiger partial charge in [0.2, 0.25) is 0 Å². The summed E-state index contributed by atoms with van der Waals surface area (Å²) >= 11 is 0. The first kappa shape index (κ1) is 25.2. The SMILES string of the molecule is Cc1ccc(S(=O)(=O)OCC2(Cc3ccc(F)cc3)CCN(C(=O)OC(C)(C)C)CC2)cc1. The van der Waals surface area contributed by atoms with Crippen molar-refractivity contribution in [2.75, 3.05) is 19.7 Å². The molecule has 2 aromatic carbocycles. The molecule has 0 atom stereocenters. The van der Waals surface area contributed by atoms with Gasteiger partial charge in [-0.15, -0.1) is 0 Å². The van der Waals surface area contributed by atoms with Gasteiger partial charge in [-0.2, -0.15) is 8.42 Å². The molecule has 2 aromatic rings. The molecule has 0 N–H and O–H groups in total. The van der Waals surface area contributed by atoms with Crippen molar-refractivity contribution >= 4 is 16.2 Å². The Morgan fingerprint density at radius 1 is 1.03 bits per heavy atom. The molecule has 0 aromatic heterocycles. The lowest BCUT2D eigenvalue weighted by atomic mass is 9.74. The molecule has 3 rings (SSSR count). The molecule has 1 aliphatic rings. The van der Waals surface area contributed by atoms with E-state index in [2.05, 4.69) is 0 Å². The third-order valence-electron chi connectivity index (χ3n) is 5.80. The summed E-state index contributed by atoms with van der Waals surface area (Å²) < 4.78 is 50.0. The van der Waals surface area contributed by atoms with Crippen LogP contribution in [-0.4, -0.2) is 44.7 Å². The number of aryl methyl sites for hydroxylation is 1. The fraction of sp³-hybridized carbons (Fsp3) is 0.480. The maximum atomic E-state index is 13.4. The predicted molar refractivity (Wildman–Crippen MR) is 124 cm³/mol. The van der Waals surface area contributed by atoms with Crippen LogP contribution in [-0.2, 0) is 25.5 Å². The van der Waals surface area contributed by atoms with Gasteiger partial charge in [0.1, 0.15) is 11.4 Å². The average Bonchev–Trinajstić information content (AvgIpc) is 2.74. The molecule has 0 aliphatic carbocycles. The summed E-state index contributed by atoms with van der Waals surface area (Å²) in [5.41, 5.74) is 0.730. The quantitative estimate of drug-likeness (QED) is 0.541. The molecule has 0 radical (unpaired) electrons. The largest absolute Gasteiger partial charge is 0.444 e. The van der Waals surface area contributed by atoms with Crippen LogP contribution in [0.3, 0.4) is 0 Å². The van der Waals surface area contributed by atoms with Gasteiger partial charge in [0.05, 0.1) is 11.5 Å². The number of hydrogen-bond donors (Lipinski definition) is 0. The highest BCUT2D eigenvalue weighted by Gasteiger charge is 2.39. The number of piperidine rings is 1. The highest BCUT2D eigenvalue weighted by Crippen LogP contribution is 2.37. The van der Waals surface area contributed by atoms with Crippen LogP contribution < -0.4 is 0 Å². The first-order valence-electron chi connectivity index (χ1n) is 11.1. The van der Waals surface area contributed by atoms with Gasteiger partial charge in [-0.3, -0.25) is 4.18 Å². The van der Waals surface area contributed by atoms with Crippen LogP contribution in [0.25, 0.3) is 0 Å². The highest BCUT2D eigenvalue weighted by atomic mass is 32.2. The van der Waals surface area contributed by atoms with E-state index >= 15 is 0 Å². The van der Waals surface area contributed by atoms with Gasteiger partial charge in [-0.25, -0.2) is 9.18 Å². The van der Waals surface area contributed by atoms with E-state index in [1.165, 1.54) is 24.3 Å². The minimum Gasteiger partial charge on any atom is -0.444 e. The highest BCUT2D eigenvalue weighted by molar-refractivity contribution is 7.86. The number of benzene rings is 2. The topological polar surface area (TPSA) is 72.9 Å². The molecule has 180 valence electrons. The van der Waals surface area contributed by atoms with Gasteiger partial charge >= 0.3 is 6.09 Å². The van der Waals surface area contributed by atoms with Crippen molar-refractivity contribution in [1.82, 2.24) is 4.90 Å². The van der Waals surface area contributed by atoms with Crippen LogP contribution in [0.4, 0.5) is 9.18 Å². The second kappa shape index (κ2) is 9.81. The molecule has 0 bridgehead atoms. The maximum absolute atomic E-state index is 13.4. The Kier molecular flexibility index (Phi) is 7.49. The predicted octanol–water partition coefficient (Wildman–Crippen LogP) is 5.10. The van der Waals surface area contributed by atoms with Crippen LogP contribution in [0.2, 0.25) is 0 Å². The number of carbonyl (C=O) groups excluding carboxylic acids is 1. The standard InChI is InChI=1S/C25H32FNO5S/c1-19-5-11-22(12-6-19)33(29,30)31-18-25(17-20-7-9-21(26)10-8-20)13-15-27(16-14-25)23(28)32-24(2,3)4/h5-12H,13-18H2,1-4H3. The smallest absolute Gasteiger partial charge is 0.410 e. The Morgan fingerprint density at radius 2 is 1.61 bits per heavy atom. The summed E-state index contributed by atoms with van der Waals surface area (Å²) in [4.78, 5) is 14.2. The number of hydrogen-bond acceptors (Lipinski definition) is 5. The van der Waals surface area contributed by atoms with E-state index in [0.717, 1.165) is 11.1 Å².